The summed E-state index contributed by atoms with van der Waals surface area (Å²) in [4.78, 5) is 18.2. The van der Waals surface area contributed by atoms with Gasteiger partial charge in [-0.3, -0.25) is 4.98 Å². The van der Waals surface area contributed by atoms with Crippen LogP contribution in [0.25, 0.3) is 22.4 Å². The van der Waals surface area contributed by atoms with E-state index in [9.17, 15) is 13.2 Å². The summed E-state index contributed by atoms with van der Waals surface area (Å²) in [6, 6.07) is 5.32. The van der Waals surface area contributed by atoms with E-state index in [1.165, 1.54) is 11.3 Å². The van der Waals surface area contributed by atoms with Crippen LogP contribution in [0.2, 0.25) is 0 Å². The van der Waals surface area contributed by atoms with Gasteiger partial charge >= 0.3 is 5.76 Å². The van der Waals surface area contributed by atoms with Gasteiger partial charge in [0.05, 0.1) is 23.5 Å². The van der Waals surface area contributed by atoms with Gasteiger partial charge in [0, 0.05) is 10.9 Å². The van der Waals surface area contributed by atoms with E-state index in [2.05, 4.69) is 14.7 Å². The highest BCUT2D eigenvalue weighted by Gasteiger charge is 2.12. The number of thiazole rings is 1. The van der Waals surface area contributed by atoms with Crippen molar-refractivity contribution in [1.29, 1.82) is 0 Å². The first-order valence-electron chi connectivity index (χ1n) is 7.52. The van der Waals surface area contributed by atoms with Crippen molar-refractivity contribution < 1.29 is 12.8 Å². The monoisotopic (exact) mass is 367 g/mol. The van der Waals surface area contributed by atoms with Crippen molar-refractivity contribution in [1.82, 2.24) is 14.7 Å². The molecule has 2 aromatic heterocycles. The summed E-state index contributed by atoms with van der Waals surface area (Å²) >= 11 is 1.38. The second-order valence-corrected chi connectivity index (χ2v) is 8.21. The van der Waals surface area contributed by atoms with Crippen molar-refractivity contribution in [2.24, 2.45) is 0 Å². The summed E-state index contributed by atoms with van der Waals surface area (Å²) in [5.41, 5.74) is 2.62. The van der Waals surface area contributed by atoms with Crippen molar-refractivity contribution in [2.75, 3.05) is 5.75 Å². The quantitative estimate of drug-likeness (QED) is 0.667. The molecule has 2 N–H and O–H groups in total. The van der Waals surface area contributed by atoms with Crippen LogP contribution in [0.1, 0.15) is 24.8 Å². The number of aromatic nitrogens is 2. The molecule has 24 heavy (non-hydrogen) atoms. The molecular formula is C15H17N3O4S2. The Morgan fingerprint density at radius 1 is 1.38 bits per heavy atom. The molecule has 0 spiro atoms. The number of sulfonamides is 1. The average Bonchev–Trinajstić information content (AvgIpc) is 3.15. The second-order valence-electron chi connectivity index (χ2n) is 5.35. The lowest BCUT2D eigenvalue weighted by Gasteiger charge is -2.03. The summed E-state index contributed by atoms with van der Waals surface area (Å²) in [6.07, 6.45) is 1.47. The van der Waals surface area contributed by atoms with Crippen LogP contribution >= 0.6 is 11.3 Å². The molecule has 9 heteroatoms. The molecule has 0 aliphatic carbocycles. The Bertz CT molecular complexity index is 1000. The molecule has 7 nitrogen and oxygen atoms in total. The molecule has 0 amide bonds. The Morgan fingerprint density at radius 2 is 2.21 bits per heavy atom. The van der Waals surface area contributed by atoms with E-state index < -0.39 is 15.8 Å². The van der Waals surface area contributed by atoms with E-state index in [1.807, 2.05) is 18.4 Å². The van der Waals surface area contributed by atoms with E-state index in [4.69, 9.17) is 4.42 Å². The maximum atomic E-state index is 11.8. The molecule has 3 rings (SSSR count). The van der Waals surface area contributed by atoms with Crippen LogP contribution < -0.4 is 10.5 Å². The summed E-state index contributed by atoms with van der Waals surface area (Å²) in [5, 5.41) is 2.53. The summed E-state index contributed by atoms with van der Waals surface area (Å²) in [5.74, 6) is -0.368. The summed E-state index contributed by atoms with van der Waals surface area (Å²) < 4.78 is 31.2. The first kappa shape index (κ1) is 16.9. The number of aromatic amines is 1. The molecule has 0 radical (unpaired) electrons. The first-order valence-corrected chi connectivity index (χ1v) is 10.0. The molecule has 0 saturated heterocycles. The number of benzene rings is 1. The highest BCUT2D eigenvalue weighted by atomic mass is 32.2. The number of hydrogen-bond acceptors (Lipinski definition) is 6. The van der Waals surface area contributed by atoms with Crippen molar-refractivity contribution in [3.63, 3.8) is 0 Å². The van der Waals surface area contributed by atoms with Gasteiger partial charge < -0.3 is 4.42 Å². The highest BCUT2D eigenvalue weighted by molar-refractivity contribution is 7.89. The van der Waals surface area contributed by atoms with E-state index >= 15 is 0 Å². The number of hydrogen-bond donors (Lipinski definition) is 2. The van der Waals surface area contributed by atoms with Gasteiger partial charge in [0.15, 0.2) is 5.58 Å². The molecule has 0 aliphatic heterocycles. The number of nitrogens with zero attached hydrogens (tertiary/aromatic N) is 1. The van der Waals surface area contributed by atoms with E-state index in [-0.39, 0.29) is 12.3 Å². The third-order valence-electron chi connectivity index (χ3n) is 3.48. The lowest BCUT2D eigenvalue weighted by Crippen LogP contribution is -2.25. The van der Waals surface area contributed by atoms with E-state index in [0.717, 1.165) is 12.0 Å². The maximum Gasteiger partial charge on any atom is 0.417 e. The molecule has 0 unspecified atom stereocenters. The lowest BCUT2D eigenvalue weighted by atomic mass is 10.1. The van der Waals surface area contributed by atoms with Gasteiger partial charge in [-0.05, 0) is 18.6 Å². The Labute approximate surface area is 142 Å². The Hall–Kier alpha value is -1.97. The molecule has 0 fully saturated rings. The van der Waals surface area contributed by atoms with Gasteiger partial charge in [0.2, 0.25) is 10.0 Å². The zero-order valence-corrected chi connectivity index (χ0v) is 14.7. The van der Waals surface area contributed by atoms with Crippen molar-refractivity contribution in [2.45, 2.75) is 26.3 Å². The fourth-order valence-corrected chi connectivity index (χ4v) is 4.21. The maximum absolute atomic E-state index is 11.8. The minimum absolute atomic E-state index is 0.130. The van der Waals surface area contributed by atoms with Crippen LogP contribution in [-0.2, 0) is 16.6 Å². The minimum atomic E-state index is -3.26. The number of fused-ring (bicyclic) bond motifs is 1. The predicted molar refractivity (Wildman–Crippen MR) is 93.5 cm³/mol. The summed E-state index contributed by atoms with van der Waals surface area (Å²) in [7, 11) is -3.26. The van der Waals surface area contributed by atoms with Gasteiger partial charge in [0.25, 0.3) is 0 Å². The third kappa shape index (κ3) is 3.92. The van der Waals surface area contributed by atoms with Crippen LogP contribution in [0.5, 0.6) is 0 Å². The molecule has 0 saturated carbocycles. The Morgan fingerprint density at radius 3 is 3.00 bits per heavy atom. The van der Waals surface area contributed by atoms with Crippen LogP contribution in [0.3, 0.4) is 0 Å². The molecule has 1 aromatic carbocycles. The number of nitrogens with one attached hydrogen (secondary N) is 2. The third-order valence-corrected chi connectivity index (χ3v) is 5.74. The normalized spacial score (nSPS) is 12.0. The molecule has 128 valence electrons. The Balaban J connectivity index is 1.73. The van der Waals surface area contributed by atoms with E-state index in [0.29, 0.717) is 28.2 Å². The van der Waals surface area contributed by atoms with Gasteiger partial charge in [-0.1, -0.05) is 19.4 Å². The fourth-order valence-electron chi connectivity index (χ4n) is 2.21. The smallest absolute Gasteiger partial charge is 0.408 e. The highest BCUT2D eigenvalue weighted by Crippen LogP contribution is 2.24. The zero-order chi connectivity index (χ0) is 17.2. The largest absolute Gasteiger partial charge is 0.417 e. The standard InChI is InChI=1S/C15H17N3O4S2/c1-2-3-6-24(20,21)16-8-14-17-12(9-23-14)10-4-5-11-13(7-10)22-15(19)18-11/h4-5,7,9,16H,2-3,6,8H2,1H3,(H,18,19). The molecule has 0 aliphatic rings. The van der Waals surface area contributed by atoms with Gasteiger partial charge in [0.1, 0.15) is 5.01 Å². The van der Waals surface area contributed by atoms with Crippen LogP contribution in [-0.4, -0.2) is 24.1 Å². The van der Waals surface area contributed by atoms with Gasteiger partial charge in [-0.2, -0.15) is 0 Å². The van der Waals surface area contributed by atoms with Crippen LogP contribution in [0.4, 0.5) is 0 Å². The van der Waals surface area contributed by atoms with Crippen LogP contribution in [0.15, 0.2) is 32.8 Å². The number of oxazole rings is 1. The number of rotatable bonds is 7. The van der Waals surface area contributed by atoms with Gasteiger partial charge in [-0.15, -0.1) is 11.3 Å². The van der Waals surface area contributed by atoms with Crippen molar-refractivity contribution >= 4 is 32.5 Å². The second kappa shape index (κ2) is 6.88. The van der Waals surface area contributed by atoms with Gasteiger partial charge in [-0.25, -0.2) is 22.9 Å². The zero-order valence-electron chi connectivity index (χ0n) is 13.0. The fraction of sp³-hybridized carbons (Fsp3) is 0.333. The number of unbranched alkanes of at least 4 members (excludes halogenated alkanes) is 1. The molecule has 2 heterocycles. The average molecular weight is 367 g/mol. The predicted octanol–water partition coefficient (Wildman–Crippen LogP) is 2.46. The topological polar surface area (TPSA) is 105 Å². The molecule has 0 atom stereocenters. The molecule has 3 aromatic rings. The first-order chi connectivity index (χ1) is 11.5. The number of H-pyrrole nitrogens is 1. The van der Waals surface area contributed by atoms with E-state index in [1.54, 1.807) is 12.1 Å². The SMILES string of the molecule is CCCCS(=O)(=O)NCc1nc(-c2ccc3[nH]c(=O)oc3c2)cs1. The minimum Gasteiger partial charge on any atom is -0.408 e. The lowest BCUT2D eigenvalue weighted by molar-refractivity contribution is 0.555. The molecule has 0 bridgehead atoms. The Kier molecular flexibility index (Phi) is 4.83. The summed E-state index contributed by atoms with van der Waals surface area (Å²) in [6.45, 7) is 2.13. The van der Waals surface area contributed by atoms with Crippen molar-refractivity contribution in [3.05, 3.63) is 39.1 Å². The van der Waals surface area contributed by atoms with Crippen molar-refractivity contribution in [3.8, 4) is 11.3 Å². The molecular weight excluding hydrogens is 350 g/mol. The van der Waals surface area contributed by atoms with Crippen LogP contribution in [0, 0.1) is 0 Å².